The van der Waals surface area contributed by atoms with Crippen LogP contribution in [-0.4, -0.2) is 18.1 Å². The lowest BCUT2D eigenvalue weighted by atomic mass is 9.95. The summed E-state index contributed by atoms with van der Waals surface area (Å²) in [6.07, 6.45) is 5.96. The molecule has 0 aromatic carbocycles. The first-order valence-corrected chi connectivity index (χ1v) is 5.22. The van der Waals surface area contributed by atoms with E-state index < -0.39 is 0 Å². The zero-order valence-electron chi connectivity index (χ0n) is 8.32. The summed E-state index contributed by atoms with van der Waals surface area (Å²) in [4.78, 5) is 3.99. The second-order valence-electron chi connectivity index (χ2n) is 3.98. The van der Waals surface area contributed by atoms with Gasteiger partial charge in [-0.3, -0.25) is 4.98 Å². The van der Waals surface area contributed by atoms with Gasteiger partial charge in [0.2, 0.25) is 0 Å². The molecule has 3 heteroatoms. The van der Waals surface area contributed by atoms with E-state index >= 15 is 0 Å². The van der Waals surface area contributed by atoms with Crippen LogP contribution in [0, 0.1) is 5.92 Å². The van der Waals surface area contributed by atoms with Crippen LogP contribution in [0.1, 0.15) is 24.4 Å². The minimum absolute atomic E-state index is 0.169. The highest BCUT2D eigenvalue weighted by Gasteiger charge is 2.18. The molecule has 1 aliphatic rings. The van der Waals surface area contributed by atoms with Crippen molar-refractivity contribution in [3.05, 3.63) is 30.1 Å². The van der Waals surface area contributed by atoms with Crippen molar-refractivity contribution in [2.24, 2.45) is 11.7 Å². The lowest BCUT2D eigenvalue weighted by molar-refractivity contribution is 0.473. The van der Waals surface area contributed by atoms with Gasteiger partial charge in [-0.1, -0.05) is 0 Å². The average molecular weight is 191 g/mol. The van der Waals surface area contributed by atoms with Crippen molar-refractivity contribution in [2.75, 3.05) is 13.1 Å². The van der Waals surface area contributed by atoms with Gasteiger partial charge in [-0.2, -0.15) is 0 Å². The van der Waals surface area contributed by atoms with Gasteiger partial charge in [-0.05, 0) is 49.5 Å². The van der Waals surface area contributed by atoms with E-state index in [9.17, 15) is 0 Å². The van der Waals surface area contributed by atoms with Gasteiger partial charge in [0.15, 0.2) is 0 Å². The zero-order valence-corrected chi connectivity index (χ0v) is 8.32. The minimum atomic E-state index is 0.169. The molecule has 0 bridgehead atoms. The predicted molar refractivity (Wildman–Crippen MR) is 56.8 cm³/mol. The highest BCUT2D eigenvalue weighted by atomic mass is 14.9. The monoisotopic (exact) mass is 191 g/mol. The fourth-order valence-electron chi connectivity index (χ4n) is 2.02. The van der Waals surface area contributed by atoms with Crippen LogP contribution in [0.3, 0.4) is 0 Å². The Morgan fingerprint density at radius 3 is 2.93 bits per heavy atom. The first-order valence-electron chi connectivity index (χ1n) is 5.22. The quantitative estimate of drug-likeness (QED) is 0.751. The molecule has 2 unspecified atom stereocenters. The normalized spacial score (nSPS) is 23.6. The molecule has 2 rings (SSSR count). The van der Waals surface area contributed by atoms with Crippen molar-refractivity contribution in [3.8, 4) is 0 Å². The smallest absolute Gasteiger partial charge is 0.0299 e. The summed E-state index contributed by atoms with van der Waals surface area (Å²) in [5.41, 5.74) is 7.32. The molecule has 0 spiro atoms. The summed E-state index contributed by atoms with van der Waals surface area (Å²) in [5.74, 6) is 0.748. The van der Waals surface area contributed by atoms with Crippen molar-refractivity contribution in [1.29, 1.82) is 0 Å². The molecule has 2 atom stereocenters. The van der Waals surface area contributed by atoms with Crippen molar-refractivity contribution < 1.29 is 0 Å². The fraction of sp³-hybridized carbons (Fsp3) is 0.545. The Labute approximate surface area is 84.7 Å². The molecule has 1 aliphatic heterocycles. The largest absolute Gasteiger partial charge is 0.324 e. The molecule has 3 nitrogen and oxygen atoms in total. The molecule has 1 aromatic rings. The first kappa shape index (κ1) is 9.62. The van der Waals surface area contributed by atoms with Gasteiger partial charge in [0.25, 0.3) is 0 Å². The van der Waals surface area contributed by atoms with Gasteiger partial charge in [-0.15, -0.1) is 0 Å². The summed E-state index contributed by atoms with van der Waals surface area (Å²) < 4.78 is 0. The van der Waals surface area contributed by atoms with Gasteiger partial charge in [0, 0.05) is 18.4 Å². The number of hydrogen-bond donors (Lipinski definition) is 2. The minimum Gasteiger partial charge on any atom is -0.324 e. The van der Waals surface area contributed by atoms with E-state index in [-0.39, 0.29) is 6.04 Å². The van der Waals surface area contributed by atoms with Crippen LogP contribution in [0.5, 0.6) is 0 Å². The number of rotatable bonds is 3. The Kier molecular flexibility index (Phi) is 3.11. The molecule has 2 heterocycles. The van der Waals surface area contributed by atoms with Crippen molar-refractivity contribution >= 4 is 0 Å². The summed E-state index contributed by atoms with van der Waals surface area (Å²) in [6, 6.07) is 4.18. The topological polar surface area (TPSA) is 50.9 Å². The number of aromatic nitrogens is 1. The molecule has 1 saturated heterocycles. The van der Waals surface area contributed by atoms with Gasteiger partial charge >= 0.3 is 0 Å². The highest BCUT2D eigenvalue weighted by Crippen LogP contribution is 2.22. The Balaban J connectivity index is 1.92. The van der Waals surface area contributed by atoms with Gasteiger partial charge < -0.3 is 11.1 Å². The Morgan fingerprint density at radius 1 is 1.50 bits per heavy atom. The average Bonchev–Trinajstić information content (AvgIpc) is 2.72. The summed E-state index contributed by atoms with van der Waals surface area (Å²) in [5, 5.41) is 3.36. The van der Waals surface area contributed by atoms with Gasteiger partial charge in [0.1, 0.15) is 0 Å². The number of nitrogens with one attached hydrogen (secondary N) is 1. The zero-order chi connectivity index (χ0) is 9.80. The second-order valence-corrected chi connectivity index (χ2v) is 3.98. The third-order valence-electron chi connectivity index (χ3n) is 2.88. The predicted octanol–water partition coefficient (Wildman–Crippen LogP) is 1.08. The molecule has 14 heavy (non-hydrogen) atoms. The summed E-state index contributed by atoms with van der Waals surface area (Å²) >= 11 is 0. The van der Waals surface area contributed by atoms with E-state index in [2.05, 4.69) is 10.3 Å². The van der Waals surface area contributed by atoms with Crippen LogP contribution in [0.2, 0.25) is 0 Å². The standard InChI is InChI=1S/C11H17N3/c12-11(7-9-1-4-14-8-9)10-2-5-13-6-3-10/h2-3,5-6,9,11,14H,1,4,7-8,12H2. The number of nitrogens with two attached hydrogens (primary N) is 1. The third kappa shape index (κ3) is 2.30. The van der Waals surface area contributed by atoms with Crippen LogP contribution >= 0.6 is 0 Å². The Morgan fingerprint density at radius 2 is 2.29 bits per heavy atom. The van der Waals surface area contributed by atoms with Crippen LogP contribution < -0.4 is 11.1 Å². The summed E-state index contributed by atoms with van der Waals surface area (Å²) in [6.45, 7) is 2.27. The second kappa shape index (κ2) is 4.53. The molecular formula is C11H17N3. The van der Waals surface area contributed by atoms with E-state index in [4.69, 9.17) is 5.73 Å². The maximum absolute atomic E-state index is 6.12. The van der Waals surface area contributed by atoms with Gasteiger partial charge in [-0.25, -0.2) is 0 Å². The Bertz CT molecular complexity index is 267. The highest BCUT2D eigenvalue weighted by molar-refractivity contribution is 5.14. The van der Waals surface area contributed by atoms with Crippen molar-refractivity contribution in [1.82, 2.24) is 10.3 Å². The molecule has 3 N–H and O–H groups in total. The Hall–Kier alpha value is -0.930. The van der Waals surface area contributed by atoms with Crippen LogP contribution in [0.4, 0.5) is 0 Å². The molecule has 1 aromatic heterocycles. The molecular weight excluding hydrogens is 174 g/mol. The van der Waals surface area contributed by atoms with E-state index in [1.807, 2.05) is 24.5 Å². The molecule has 0 aliphatic carbocycles. The lowest BCUT2D eigenvalue weighted by Gasteiger charge is -2.15. The van der Waals surface area contributed by atoms with Gasteiger partial charge in [0.05, 0.1) is 0 Å². The van der Waals surface area contributed by atoms with Crippen LogP contribution in [-0.2, 0) is 0 Å². The number of nitrogens with zero attached hydrogens (tertiary/aromatic N) is 1. The van der Waals surface area contributed by atoms with E-state index in [0.717, 1.165) is 25.4 Å². The molecule has 76 valence electrons. The maximum Gasteiger partial charge on any atom is 0.0299 e. The van der Waals surface area contributed by atoms with Crippen molar-refractivity contribution in [3.63, 3.8) is 0 Å². The summed E-state index contributed by atoms with van der Waals surface area (Å²) in [7, 11) is 0. The lowest BCUT2D eigenvalue weighted by Crippen LogP contribution is -2.17. The SMILES string of the molecule is NC(CC1CCNC1)c1ccncc1. The third-order valence-corrected chi connectivity index (χ3v) is 2.88. The van der Waals surface area contributed by atoms with E-state index in [1.54, 1.807) is 0 Å². The maximum atomic E-state index is 6.12. The number of hydrogen-bond acceptors (Lipinski definition) is 3. The van der Waals surface area contributed by atoms with E-state index in [1.165, 1.54) is 12.0 Å². The van der Waals surface area contributed by atoms with E-state index in [0.29, 0.717) is 0 Å². The van der Waals surface area contributed by atoms with Crippen LogP contribution in [0.25, 0.3) is 0 Å². The fourth-order valence-corrected chi connectivity index (χ4v) is 2.02. The van der Waals surface area contributed by atoms with Crippen LogP contribution in [0.15, 0.2) is 24.5 Å². The molecule has 1 fully saturated rings. The van der Waals surface area contributed by atoms with Crippen molar-refractivity contribution in [2.45, 2.75) is 18.9 Å². The molecule has 0 amide bonds. The molecule has 0 radical (unpaired) electrons. The first-order chi connectivity index (χ1) is 6.86. The number of pyridine rings is 1. The molecule has 0 saturated carbocycles.